The lowest BCUT2D eigenvalue weighted by Gasteiger charge is -2.35. The van der Waals surface area contributed by atoms with E-state index >= 15 is 0 Å². The van der Waals surface area contributed by atoms with E-state index in [0.717, 1.165) is 17.0 Å². The van der Waals surface area contributed by atoms with Crippen molar-refractivity contribution in [2.24, 2.45) is 17.8 Å². The van der Waals surface area contributed by atoms with E-state index in [9.17, 15) is 8.42 Å². The molecule has 26 heavy (non-hydrogen) atoms. The maximum Gasteiger partial charge on any atom is 0.243 e. The van der Waals surface area contributed by atoms with Crippen molar-refractivity contribution in [2.45, 2.75) is 57.4 Å². The first-order valence-corrected chi connectivity index (χ1v) is 11.6. The maximum absolute atomic E-state index is 13.1. The van der Waals surface area contributed by atoms with Gasteiger partial charge in [-0.3, -0.25) is 0 Å². The summed E-state index contributed by atoms with van der Waals surface area (Å²) in [5.74, 6) is 1.95. The van der Waals surface area contributed by atoms with Crippen molar-refractivity contribution in [1.29, 1.82) is 0 Å². The SMILES string of the molecule is Cc1ccc(S(=O)(=O)N2C[C@H]3CC(N4CCC(C)CC4)C[C@H]3C2)c(C)c1. The largest absolute Gasteiger partial charge is 0.300 e. The first-order chi connectivity index (χ1) is 12.3. The molecule has 0 N–H and O–H groups in total. The lowest BCUT2D eigenvalue weighted by Crippen LogP contribution is -2.41. The zero-order chi connectivity index (χ0) is 18.5. The van der Waals surface area contributed by atoms with Gasteiger partial charge in [-0.25, -0.2) is 8.42 Å². The fraction of sp³-hybridized carbons (Fsp3) is 0.714. The van der Waals surface area contributed by atoms with Crippen LogP contribution in [0.25, 0.3) is 0 Å². The molecule has 2 saturated heterocycles. The summed E-state index contributed by atoms with van der Waals surface area (Å²) in [6.45, 7) is 10.2. The Labute approximate surface area is 158 Å². The molecular weight excluding hydrogens is 344 g/mol. The molecule has 5 heteroatoms. The molecule has 1 unspecified atom stereocenters. The highest BCUT2D eigenvalue weighted by molar-refractivity contribution is 7.89. The smallest absolute Gasteiger partial charge is 0.243 e. The molecule has 1 saturated carbocycles. The van der Waals surface area contributed by atoms with E-state index in [-0.39, 0.29) is 0 Å². The summed E-state index contributed by atoms with van der Waals surface area (Å²) in [5, 5.41) is 0. The van der Waals surface area contributed by atoms with Gasteiger partial charge in [0.25, 0.3) is 0 Å². The third-order valence-electron chi connectivity index (χ3n) is 6.98. The Morgan fingerprint density at radius 1 is 1.00 bits per heavy atom. The fourth-order valence-electron chi connectivity index (χ4n) is 5.34. The Morgan fingerprint density at radius 2 is 1.62 bits per heavy atom. The quantitative estimate of drug-likeness (QED) is 0.811. The number of piperidine rings is 1. The average Bonchev–Trinajstić information content (AvgIpc) is 3.14. The second-order valence-electron chi connectivity index (χ2n) is 8.95. The molecule has 2 aliphatic heterocycles. The zero-order valence-electron chi connectivity index (χ0n) is 16.3. The van der Waals surface area contributed by atoms with Crippen LogP contribution in [0.15, 0.2) is 23.1 Å². The molecule has 0 spiro atoms. The van der Waals surface area contributed by atoms with E-state index in [1.54, 1.807) is 10.4 Å². The molecule has 3 aliphatic rings. The van der Waals surface area contributed by atoms with Crippen LogP contribution >= 0.6 is 0 Å². The highest BCUT2D eigenvalue weighted by Gasteiger charge is 2.46. The van der Waals surface area contributed by atoms with Gasteiger partial charge >= 0.3 is 0 Å². The van der Waals surface area contributed by atoms with Crippen molar-refractivity contribution in [3.05, 3.63) is 29.3 Å². The number of likely N-dealkylation sites (tertiary alicyclic amines) is 1. The number of rotatable bonds is 3. The van der Waals surface area contributed by atoms with Crippen LogP contribution in [-0.2, 0) is 10.0 Å². The van der Waals surface area contributed by atoms with Gasteiger partial charge in [0.1, 0.15) is 0 Å². The van der Waals surface area contributed by atoms with Crippen molar-refractivity contribution in [3.63, 3.8) is 0 Å². The van der Waals surface area contributed by atoms with Crippen LogP contribution in [0.5, 0.6) is 0 Å². The van der Waals surface area contributed by atoms with Crippen LogP contribution in [0.2, 0.25) is 0 Å². The lowest BCUT2D eigenvalue weighted by atomic mass is 9.97. The predicted octanol–water partition coefficient (Wildman–Crippen LogP) is 3.43. The summed E-state index contributed by atoms with van der Waals surface area (Å²) in [4.78, 5) is 3.17. The van der Waals surface area contributed by atoms with E-state index < -0.39 is 10.0 Å². The van der Waals surface area contributed by atoms with Crippen LogP contribution < -0.4 is 0 Å². The molecule has 1 aromatic rings. The van der Waals surface area contributed by atoms with Crippen LogP contribution in [0, 0.1) is 31.6 Å². The molecule has 0 radical (unpaired) electrons. The topological polar surface area (TPSA) is 40.6 Å². The van der Waals surface area contributed by atoms with E-state index in [1.165, 1.54) is 38.8 Å². The molecule has 3 atom stereocenters. The zero-order valence-corrected chi connectivity index (χ0v) is 17.1. The molecule has 144 valence electrons. The van der Waals surface area contributed by atoms with Crippen molar-refractivity contribution in [3.8, 4) is 0 Å². The Hall–Kier alpha value is -0.910. The lowest BCUT2D eigenvalue weighted by molar-refractivity contribution is 0.133. The second kappa shape index (κ2) is 6.92. The van der Waals surface area contributed by atoms with Gasteiger partial charge in [-0.15, -0.1) is 0 Å². The highest BCUT2D eigenvalue weighted by atomic mass is 32.2. The Morgan fingerprint density at radius 3 is 2.19 bits per heavy atom. The summed E-state index contributed by atoms with van der Waals surface area (Å²) >= 11 is 0. The molecule has 1 aromatic carbocycles. The summed E-state index contributed by atoms with van der Waals surface area (Å²) in [5.41, 5.74) is 1.97. The predicted molar refractivity (Wildman–Crippen MR) is 105 cm³/mol. The standard InChI is InChI=1S/C21H32N2O2S/c1-15-6-8-22(9-7-15)20-11-18-13-23(14-19(18)12-20)26(24,25)21-5-4-16(2)10-17(21)3/h4-5,10,15,18-20H,6-9,11-14H2,1-3H3/t18-,19+,20?. The number of aryl methyl sites for hydroxylation is 2. The van der Waals surface area contributed by atoms with Gasteiger partial charge in [-0.2, -0.15) is 4.31 Å². The van der Waals surface area contributed by atoms with Gasteiger partial charge in [-0.05, 0) is 82.0 Å². The number of sulfonamides is 1. The first-order valence-electron chi connectivity index (χ1n) is 10.2. The van der Waals surface area contributed by atoms with Crippen LogP contribution in [0.4, 0.5) is 0 Å². The summed E-state index contributed by atoms with van der Waals surface area (Å²) < 4.78 is 28.0. The Balaban J connectivity index is 1.43. The van der Waals surface area contributed by atoms with E-state index in [4.69, 9.17) is 0 Å². The molecule has 3 fully saturated rings. The number of hydrogen-bond donors (Lipinski definition) is 0. The van der Waals surface area contributed by atoms with Crippen molar-refractivity contribution in [2.75, 3.05) is 26.2 Å². The normalized spacial score (nSPS) is 31.4. The molecular formula is C21H32N2O2S. The van der Waals surface area contributed by atoms with Gasteiger partial charge in [0.15, 0.2) is 0 Å². The minimum Gasteiger partial charge on any atom is -0.300 e. The number of nitrogens with zero attached hydrogens (tertiary/aromatic N) is 2. The van der Waals surface area contributed by atoms with Gasteiger partial charge in [-0.1, -0.05) is 24.6 Å². The average molecular weight is 377 g/mol. The molecule has 2 heterocycles. The summed E-state index contributed by atoms with van der Waals surface area (Å²) in [6, 6.07) is 6.34. The van der Waals surface area contributed by atoms with Crippen molar-refractivity contribution >= 4 is 10.0 Å². The molecule has 0 aromatic heterocycles. The number of benzene rings is 1. The third kappa shape index (κ3) is 3.34. The van der Waals surface area contributed by atoms with Crippen LogP contribution in [0.1, 0.15) is 43.7 Å². The van der Waals surface area contributed by atoms with Crippen LogP contribution in [0.3, 0.4) is 0 Å². The van der Waals surface area contributed by atoms with Gasteiger partial charge in [0.2, 0.25) is 10.0 Å². The van der Waals surface area contributed by atoms with Gasteiger partial charge in [0, 0.05) is 19.1 Å². The first kappa shape index (κ1) is 18.5. The molecule has 0 bridgehead atoms. The summed E-state index contributed by atoms with van der Waals surface area (Å²) in [6.07, 6.45) is 4.99. The molecule has 4 rings (SSSR count). The Kier molecular flexibility index (Phi) is 4.91. The van der Waals surface area contributed by atoms with E-state index in [2.05, 4.69) is 11.8 Å². The van der Waals surface area contributed by atoms with E-state index in [1.807, 2.05) is 26.0 Å². The molecule has 4 nitrogen and oxygen atoms in total. The third-order valence-corrected chi connectivity index (χ3v) is 8.97. The maximum atomic E-state index is 13.1. The Bertz CT molecular complexity index is 754. The summed E-state index contributed by atoms with van der Waals surface area (Å²) in [7, 11) is -3.36. The van der Waals surface area contributed by atoms with Gasteiger partial charge in [0.05, 0.1) is 4.90 Å². The number of fused-ring (bicyclic) bond motifs is 1. The van der Waals surface area contributed by atoms with E-state index in [0.29, 0.717) is 35.9 Å². The van der Waals surface area contributed by atoms with Crippen molar-refractivity contribution in [1.82, 2.24) is 9.21 Å². The number of hydrogen-bond acceptors (Lipinski definition) is 3. The minimum absolute atomic E-state index is 0.490. The second-order valence-corrected chi connectivity index (χ2v) is 10.9. The van der Waals surface area contributed by atoms with Crippen molar-refractivity contribution < 1.29 is 8.42 Å². The van der Waals surface area contributed by atoms with Crippen LogP contribution in [-0.4, -0.2) is 49.8 Å². The monoisotopic (exact) mass is 376 g/mol. The highest BCUT2D eigenvalue weighted by Crippen LogP contribution is 2.42. The molecule has 1 aliphatic carbocycles. The fourth-order valence-corrected chi connectivity index (χ4v) is 7.10. The minimum atomic E-state index is -3.36. The van der Waals surface area contributed by atoms with Gasteiger partial charge < -0.3 is 4.90 Å². The molecule has 0 amide bonds.